The molecule has 0 aromatic heterocycles. The van der Waals surface area contributed by atoms with Crippen molar-refractivity contribution in [2.75, 3.05) is 0 Å². The highest BCUT2D eigenvalue weighted by molar-refractivity contribution is 5.79. The molecule has 1 N–H and O–H groups in total. The smallest absolute Gasteiger partial charge is 0.324 e. The molecule has 1 aliphatic carbocycles. The third kappa shape index (κ3) is 1.93. The average Bonchev–Trinajstić information content (AvgIpc) is 2.18. The Kier molecular flexibility index (Phi) is 3.62. The summed E-state index contributed by atoms with van der Waals surface area (Å²) in [5.74, 6) is -0.946. The predicted octanol–water partition coefficient (Wildman–Crippen LogP) is 3.21. The van der Waals surface area contributed by atoms with E-state index in [2.05, 4.69) is 6.07 Å². The molecule has 1 rings (SSSR count). The van der Waals surface area contributed by atoms with Crippen LogP contribution in [0.1, 0.15) is 52.9 Å². The van der Waals surface area contributed by atoms with Crippen LogP contribution >= 0.6 is 0 Å². The summed E-state index contributed by atoms with van der Waals surface area (Å²) in [5, 5.41) is 18.9. The molecule has 0 radical (unpaired) electrons. The van der Waals surface area contributed by atoms with Gasteiger partial charge in [-0.15, -0.1) is 0 Å². The van der Waals surface area contributed by atoms with Crippen LogP contribution in [0.5, 0.6) is 0 Å². The first-order valence-corrected chi connectivity index (χ1v) is 6.01. The maximum Gasteiger partial charge on any atom is 0.324 e. The van der Waals surface area contributed by atoms with Crippen molar-refractivity contribution in [3.63, 3.8) is 0 Å². The Balaban J connectivity index is 3.12. The maximum absolute atomic E-state index is 11.6. The molecule has 3 heteroatoms. The van der Waals surface area contributed by atoms with Gasteiger partial charge in [-0.3, -0.25) is 4.79 Å². The first-order valence-electron chi connectivity index (χ1n) is 6.01. The molecule has 1 saturated carbocycles. The van der Waals surface area contributed by atoms with Gasteiger partial charge in [-0.2, -0.15) is 5.26 Å². The fourth-order valence-electron chi connectivity index (χ4n) is 2.95. The quantitative estimate of drug-likeness (QED) is 0.782. The monoisotopic (exact) mass is 223 g/mol. The van der Waals surface area contributed by atoms with Crippen molar-refractivity contribution in [2.45, 2.75) is 52.9 Å². The number of rotatable bonds is 2. The normalized spacial score (nSPS) is 22.1. The first-order chi connectivity index (χ1) is 7.36. The van der Waals surface area contributed by atoms with Gasteiger partial charge in [0.2, 0.25) is 0 Å². The molecule has 0 saturated heterocycles. The zero-order chi connectivity index (χ0) is 12.4. The van der Waals surface area contributed by atoms with Crippen molar-refractivity contribution in [3.05, 3.63) is 0 Å². The SMILES string of the molecule is CC(C)(C)C(C#N)(C(=O)O)C1CCCCC1. The van der Waals surface area contributed by atoms with E-state index in [0.29, 0.717) is 0 Å². The van der Waals surface area contributed by atoms with Crippen molar-refractivity contribution in [1.29, 1.82) is 5.26 Å². The third-order valence-electron chi connectivity index (χ3n) is 3.91. The van der Waals surface area contributed by atoms with Crippen LogP contribution in [0.4, 0.5) is 0 Å². The molecular weight excluding hydrogens is 202 g/mol. The van der Waals surface area contributed by atoms with Crippen LogP contribution in [-0.4, -0.2) is 11.1 Å². The molecule has 0 aromatic rings. The van der Waals surface area contributed by atoms with Gasteiger partial charge in [0.15, 0.2) is 5.41 Å². The second-order valence-corrected chi connectivity index (χ2v) is 5.81. The fraction of sp³-hybridized carbons (Fsp3) is 0.846. The summed E-state index contributed by atoms with van der Waals surface area (Å²) in [4.78, 5) is 11.6. The van der Waals surface area contributed by atoms with E-state index >= 15 is 0 Å². The standard InChI is InChI=1S/C13H21NO2/c1-12(2,3)13(9-14,11(15)16)10-7-5-4-6-8-10/h10H,4-8H2,1-3H3,(H,15,16). The molecule has 1 atom stereocenters. The number of aliphatic carboxylic acids is 1. The van der Waals surface area contributed by atoms with Gasteiger partial charge in [0.1, 0.15) is 0 Å². The number of carboxylic acid groups (broad SMARTS) is 1. The molecule has 16 heavy (non-hydrogen) atoms. The van der Waals surface area contributed by atoms with Crippen molar-refractivity contribution in [2.24, 2.45) is 16.7 Å². The Morgan fingerprint density at radius 1 is 1.25 bits per heavy atom. The summed E-state index contributed by atoms with van der Waals surface area (Å²) in [6, 6.07) is 2.13. The third-order valence-corrected chi connectivity index (χ3v) is 3.91. The van der Waals surface area contributed by atoms with Crippen molar-refractivity contribution >= 4 is 5.97 Å². The molecule has 0 aromatic carbocycles. The van der Waals surface area contributed by atoms with Gasteiger partial charge in [-0.05, 0) is 24.2 Å². The number of nitrogens with zero attached hydrogens (tertiary/aromatic N) is 1. The molecule has 0 heterocycles. The summed E-state index contributed by atoms with van der Waals surface area (Å²) in [6.07, 6.45) is 5.02. The lowest BCUT2D eigenvalue weighted by atomic mass is 9.57. The molecule has 1 aliphatic rings. The molecule has 0 aliphatic heterocycles. The summed E-state index contributed by atoms with van der Waals surface area (Å²) in [6.45, 7) is 5.58. The summed E-state index contributed by atoms with van der Waals surface area (Å²) >= 11 is 0. The van der Waals surface area contributed by atoms with Crippen LogP contribution in [0.3, 0.4) is 0 Å². The van der Waals surface area contributed by atoms with E-state index < -0.39 is 16.8 Å². The summed E-state index contributed by atoms with van der Waals surface area (Å²) in [7, 11) is 0. The van der Waals surface area contributed by atoms with Crippen molar-refractivity contribution in [3.8, 4) is 6.07 Å². The van der Waals surface area contributed by atoms with Gasteiger partial charge in [-0.1, -0.05) is 40.0 Å². The Morgan fingerprint density at radius 2 is 1.75 bits per heavy atom. The molecule has 0 bridgehead atoms. The number of nitriles is 1. The highest BCUT2D eigenvalue weighted by Gasteiger charge is 2.54. The van der Waals surface area contributed by atoms with E-state index in [1.807, 2.05) is 20.8 Å². The van der Waals surface area contributed by atoms with E-state index in [0.717, 1.165) is 25.7 Å². The van der Waals surface area contributed by atoms with Gasteiger partial charge in [0.05, 0.1) is 6.07 Å². The second kappa shape index (κ2) is 4.45. The van der Waals surface area contributed by atoms with Crippen LogP contribution < -0.4 is 0 Å². The predicted molar refractivity (Wildman–Crippen MR) is 61.7 cm³/mol. The molecule has 90 valence electrons. The topological polar surface area (TPSA) is 61.1 Å². The lowest BCUT2D eigenvalue weighted by Crippen LogP contribution is -2.48. The zero-order valence-corrected chi connectivity index (χ0v) is 10.4. The van der Waals surface area contributed by atoms with Gasteiger partial charge in [-0.25, -0.2) is 0 Å². The Bertz CT molecular complexity index is 305. The highest BCUT2D eigenvalue weighted by atomic mass is 16.4. The minimum absolute atomic E-state index is 0.00347. The fourth-order valence-corrected chi connectivity index (χ4v) is 2.95. The highest BCUT2D eigenvalue weighted by Crippen LogP contribution is 2.49. The van der Waals surface area contributed by atoms with Crippen LogP contribution in [-0.2, 0) is 4.79 Å². The van der Waals surface area contributed by atoms with Gasteiger partial charge in [0, 0.05) is 0 Å². The number of carboxylic acids is 1. The Morgan fingerprint density at radius 3 is 2.06 bits per heavy atom. The lowest BCUT2D eigenvalue weighted by Gasteiger charge is -2.42. The molecule has 1 unspecified atom stereocenters. The first kappa shape index (κ1) is 13.0. The van der Waals surface area contributed by atoms with E-state index in [1.165, 1.54) is 6.42 Å². The maximum atomic E-state index is 11.6. The van der Waals surface area contributed by atoms with E-state index in [9.17, 15) is 15.2 Å². The Labute approximate surface area is 97.5 Å². The van der Waals surface area contributed by atoms with Gasteiger partial charge >= 0.3 is 5.97 Å². The van der Waals surface area contributed by atoms with Crippen LogP contribution in [0, 0.1) is 28.1 Å². The second-order valence-electron chi connectivity index (χ2n) is 5.81. The largest absolute Gasteiger partial charge is 0.480 e. The minimum Gasteiger partial charge on any atom is -0.480 e. The molecule has 3 nitrogen and oxygen atoms in total. The molecule has 1 fully saturated rings. The molecular formula is C13H21NO2. The van der Waals surface area contributed by atoms with Gasteiger partial charge < -0.3 is 5.11 Å². The van der Waals surface area contributed by atoms with Crippen molar-refractivity contribution in [1.82, 2.24) is 0 Å². The molecule has 0 spiro atoms. The van der Waals surface area contributed by atoms with E-state index in [-0.39, 0.29) is 5.92 Å². The number of hydrogen-bond acceptors (Lipinski definition) is 2. The van der Waals surface area contributed by atoms with Crippen molar-refractivity contribution < 1.29 is 9.90 Å². The lowest BCUT2D eigenvalue weighted by molar-refractivity contribution is -0.156. The zero-order valence-electron chi connectivity index (χ0n) is 10.4. The van der Waals surface area contributed by atoms with E-state index in [4.69, 9.17) is 0 Å². The summed E-state index contributed by atoms with van der Waals surface area (Å²) < 4.78 is 0. The number of hydrogen-bond donors (Lipinski definition) is 1. The van der Waals surface area contributed by atoms with E-state index in [1.54, 1.807) is 0 Å². The van der Waals surface area contributed by atoms with Crippen LogP contribution in [0.15, 0.2) is 0 Å². The number of carbonyl (C=O) groups is 1. The minimum atomic E-state index is -1.23. The Hall–Kier alpha value is -1.04. The van der Waals surface area contributed by atoms with Crippen LogP contribution in [0.25, 0.3) is 0 Å². The van der Waals surface area contributed by atoms with Gasteiger partial charge in [0.25, 0.3) is 0 Å². The molecule has 0 amide bonds. The average molecular weight is 223 g/mol. The summed E-state index contributed by atoms with van der Waals surface area (Å²) in [5.41, 5.74) is -1.75. The van der Waals surface area contributed by atoms with Crippen LogP contribution in [0.2, 0.25) is 0 Å².